The van der Waals surface area contributed by atoms with Crippen LogP contribution in [-0.4, -0.2) is 75.5 Å². The molecule has 0 N–H and O–H groups in total. The van der Waals surface area contributed by atoms with Crippen LogP contribution in [0.4, 0.5) is 0 Å². The maximum Gasteiger partial charge on any atom is 0.306 e. The van der Waals surface area contributed by atoms with E-state index in [0.717, 1.165) is 51.4 Å². The standard InChI is InChI=1S/C49H87NO7/c1-6-8-10-12-14-16-18-20-21-22-23-24-25-26-28-30-32-34-36-38-40-48(52)57-45(43-55-42-41-46(49(53)54)50(3,4)5)44-56-47(51)39-37-35-33-31-29-27-19-17-15-13-11-9-7-2/h9,11,13,15,17,19,27,29,45-46H,6-8,10,12,14,16,18,20-26,28,30-44H2,1-5H3/b11-9+,15-13+,19-17+,29-27+. The molecule has 0 aromatic carbocycles. The molecule has 57 heavy (non-hydrogen) atoms. The minimum absolute atomic E-state index is 0.0290. The van der Waals surface area contributed by atoms with Gasteiger partial charge in [-0.2, -0.15) is 0 Å². The monoisotopic (exact) mass is 802 g/mol. The second-order valence-electron chi connectivity index (χ2n) is 16.7. The molecule has 0 saturated carbocycles. The number of rotatable bonds is 41. The molecule has 0 aliphatic rings. The van der Waals surface area contributed by atoms with Crippen LogP contribution in [-0.2, 0) is 28.6 Å². The molecule has 0 radical (unpaired) electrons. The van der Waals surface area contributed by atoms with Gasteiger partial charge in [0.15, 0.2) is 6.10 Å². The highest BCUT2D eigenvalue weighted by atomic mass is 16.6. The van der Waals surface area contributed by atoms with Crippen molar-refractivity contribution in [3.63, 3.8) is 0 Å². The summed E-state index contributed by atoms with van der Waals surface area (Å²) in [6.07, 6.45) is 47.2. The summed E-state index contributed by atoms with van der Waals surface area (Å²) in [6.45, 7) is 4.49. The number of quaternary nitrogens is 1. The third kappa shape index (κ3) is 38.6. The van der Waals surface area contributed by atoms with Crippen molar-refractivity contribution in [3.8, 4) is 0 Å². The molecule has 0 rings (SSSR count). The minimum atomic E-state index is -1.13. The average Bonchev–Trinajstić information content (AvgIpc) is 3.17. The number of allylic oxidation sites excluding steroid dienone is 8. The molecular weight excluding hydrogens is 715 g/mol. The van der Waals surface area contributed by atoms with E-state index >= 15 is 0 Å². The third-order valence-electron chi connectivity index (χ3n) is 10.3. The number of unbranched alkanes of at least 4 members (excludes halogenated alkanes) is 22. The van der Waals surface area contributed by atoms with E-state index in [0.29, 0.717) is 12.8 Å². The molecule has 0 aliphatic carbocycles. The number of hydrogen-bond donors (Lipinski definition) is 0. The van der Waals surface area contributed by atoms with Crippen molar-refractivity contribution in [1.29, 1.82) is 0 Å². The van der Waals surface area contributed by atoms with Crippen LogP contribution in [0, 0.1) is 0 Å². The normalized spacial score (nSPS) is 13.4. The minimum Gasteiger partial charge on any atom is -0.544 e. The lowest BCUT2D eigenvalue weighted by Gasteiger charge is -2.34. The Labute approximate surface area is 350 Å². The fourth-order valence-electron chi connectivity index (χ4n) is 6.73. The summed E-state index contributed by atoms with van der Waals surface area (Å²) in [5, 5.41) is 11.6. The van der Waals surface area contributed by atoms with Crippen LogP contribution < -0.4 is 5.11 Å². The van der Waals surface area contributed by atoms with Crippen molar-refractivity contribution in [1.82, 2.24) is 0 Å². The Bertz CT molecular complexity index is 1070. The molecule has 0 bridgehead atoms. The molecule has 8 nitrogen and oxygen atoms in total. The first-order valence-electron chi connectivity index (χ1n) is 23.2. The summed E-state index contributed by atoms with van der Waals surface area (Å²) in [6, 6.07) is -0.731. The number of esters is 2. The molecule has 330 valence electrons. The number of hydrogen-bond acceptors (Lipinski definition) is 7. The number of carboxylic acid groups (broad SMARTS) is 1. The van der Waals surface area contributed by atoms with E-state index in [2.05, 4.69) is 26.0 Å². The topological polar surface area (TPSA) is 102 Å². The van der Waals surface area contributed by atoms with Gasteiger partial charge < -0.3 is 28.6 Å². The van der Waals surface area contributed by atoms with Crippen molar-refractivity contribution >= 4 is 17.9 Å². The molecule has 2 unspecified atom stereocenters. The second-order valence-corrected chi connectivity index (χ2v) is 16.7. The fourth-order valence-corrected chi connectivity index (χ4v) is 6.73. The third-order valence-corrected chi connectivity index (χ3v) is 10.3. The lowest BCUT2D eigenvalue weighted by atomic mass is 10.0. The second kappa shape index (κ2) is 40.1. The summed E-state index contributed by atoms with van der Waals surface area (Å²) in [4.78, 5) is 36.9. The van der Waals surface area contributed by atoms with Gasteiger partial charge >= 0.3 is 11.9 Å². The van der Waals surface area contributed by atoms with Gasteiger partial charge in [-0.1, -0.05) is 191 Å². The average molecular weight is 802 g/mol. The molecule has 0 amide bonds. The summed E-state index contributed by atoms with van der Waals surface area (Å²) in [7, 11) is 5.40. The highest BCUT2D eigenvalue weighted by Gasteiger charge is 2.25. The van der Waals surface area contributed by atoms with E-state index in [9.17, 15) is 19.5 Å². The maximum absolute atomic E-state index is 12.7. The number of carbonyl (C=O) groups excluding carboxylic acids is 3. The first kappa shape index (κ1) is 54.3. The number of nitrogens with zero attached hydrogens (tertiary/aromatic N) is 1. The first-order valence-corrected chi connectivity index (χ1v) is 23.2. The molecule has 0 aromatic rings. The van der Waals surface area contributed by atoms with Crippen LogP contribution in [0.25, 0.3) is 0 Å². The maximum atomic E-state index is 12.7. The van der Waals surface area contributed by atoms with Crippen LogP contribution in [0.3, 0.4) is 0 Å². The zero-order chi connectivity index (χ0) is 42.1. The van der Waals surface area contributed by atoms with Crippen molar-refractivity contribution < 1.29 is 38.2 Å². The largest absolute Gasteiger partial charge is 0.544 e. The van der Waals surface area contributed by atoms with E-state index < -0.39 is 18.1 Å². The predicted molar refractivity (Wildman–Crippen MR) is 236 cm³/mol. The number of likely N-dealkylation sites (N-methyl/N-ethyl adjacent to an activating group) is 1. The first-order chi connectivity index (χ1) is 27.6. The van der Waals surface area contributed by atoms with Crippen molar-refractivity contribution in [2.24, 2.45) is 0 Å². The van der Waals surface area contributed by atoms with Gasteiger partial charge in [-0.15, -0.1) is 0 Å². The highest BCUT2D eigenvalue weighted by Crippen LogP contribution is 2.16. The lowest BCUT2D eigenvalue weighted by Crippen LogP contribution is -2.55. The van der Waals surface area contributed by atoms with E-state index in [4.69, 9.17) is 14.2 Å². The van der Waals surface area contributed by atoms with E-state index in [1.54, 1.807) is 21.1 Å². The zero-order valence-corrected chi connectivity index (χ0v) is 37.5. The van der Waals surface area contributed by atoms with Crippen molar-refractivity contribution in [2.75, 3.05) is 41.0 Å². The van der Waals surface area contributed by atoms with E-state index in [-0.39, 0.29) is 42.7 Å². The van der Waals surface area contributed by atoms with Gasteiger partial charge in [0, 0.05) is 19.3 Å². The van der Waals surface area contributed by atoms with Gasteiger partial charge in [-0.25, -0.2) is 0 Å². The van der Waals surface area contributed by atoms with Gasteiger partial charge in [0.05, 0.1) is 40.3 Å². The van der Waals surface area contributed by atoms with Crippen LogP contribution >= 0.6 is 0 Å². The predicted octanol–water partition coefficient (Wildman–Crippen LogP) is 11.5. The highest BCUT2D eigenvalue weighted by molar-refractivity contribution is 5.70. The zero-order valence-electron chi connectivity index (χ0n) is 37.5. The van der Waals surface area contributed by atoms with Crippen molar-refractivity contribution in [2.45, 2.75) is 206 Å². The summed E-state index contributed by atoms with van der Waals surface area (Å²) < 4.78 is 17.1. The molecule has 0 fully saturated rings. The van der Waals surface area contributed by atoms with Crippen LogP contribution in [0.5, 0.6) is 0 Å². The quantitative estimate of drug-likeness (QED) is 0.0262. The molecule has 8 heteroatoms. The van der Waals surface area contributed by atoms with Crippen molar-refractivity contribution in [3.05, 3.63) is 48.6 Å². The Morgan fingerprint density at radius 3 is 1.46 bits per heavy atom. The number of aliphatic carboxylic acids is 1. The molecule has 2 atom stereocenters. The molecule has 0 spiro atoms. The summed E-state index contributed by atoms with van der Waals surface area (Å²) in [5.41, 5.74) is 0. The smallest absolute Gasteiger partial charge is 0.306 e. The molecule has 0 saturated heterocycles. The summed E-state index contributed by atoms with van der Waals surface area (Å²) in [5.74, 6) is -1.78. The van der Waals surface area contributed by atoms with Crippen LogP contribution in [0.1, 0.15) is 194 Å². The fraction of sp³-hybridized carbons (Fsp3) is 0.776. The Kier molecular flexibility index (Phi) is 38.2. The van der Waals surface area contributed by atoms with E-state index in [1.165, 1.54) is 109 Å². The Hall–Kier alpha value is -2.71. The van der Waals surface area contributed by atoms with Gasteiger partial charge in [-0.3, -0.25) is 9.59 Å². The number of ether oxygens (including phenoxy) is 3. The Morgan fingerprint density at radius 2 is 0.982 bits per heavy atom. The Morgan fingerprint density at radius 1 is 0.544 bits per heavy atom. The summed E-state index contributed by atoms with van der Waals surface area (Å²) >= 11 is 0. The van der Waals surface area contributed by atoms with Crippen LogP contribution in [0.15, 0.2) is 48.6 Å². The van der Waals surface area contributed by atoms with Gasteiger partial charge in [0.2, 0.25) is 0 Å². The lowest BCUT2D eigenvalue weighted by molar-refractivity contribution is -0.889. The number of carboxylic acids is 1. The Balaban J connectivity index is 4.30. The van der Waals surface area contributed by atoms with Gasteiger partial charge in [-0.05, 0) is 32.1 Å². The number of carbonyl (C=O) groups is 3. The SMILES string of the molecule is CC/C=C/C=C/C=C/C=C/CCCCCC(=O)OCC(COCCC(C(=O)[O-])[N+](C)(C)C)OC(=O)CCCCCCCCCCCCCCCCCCCCCC. The molecule has 0 aliphatic heterocycles. The van der Waals surface area contributed by atoms with Crippen LogP contribution in [0.2, 0.25) is 0 Å². The molecule has 0 aromatic heterocycles. The van der Waals surface area contributed by atoms with E-state index in [1.807, 2.05) is 36.5 Å². The van der Waals surface area contributed by atoms with Gasteiger partial charge in [0.25, 0.3) is 0 Å². The molecular formula is C49H87NO7. The molecule has 0 heterocycles. The van der Waals surface area contributed by atoms with Gasteiger partial charge in [0.1, 0.15) is 12.6 Å².